The Morgan fingerprint density at radius 2 is 2.22 bits per heavy atom. The number of carbonyl (C=O) groups is 1. The number of esters is 1. The van der Waals surface area contributed by atoms with Crippen LogP contribution in [0.3, 0.4) is 0 Å². The molecule has 0 radical (unpaired) electrons. The highest BCUT2D eigenvalue weighted by atomic mass is 79.9. The maximum atomic E-state index is 11.2. The number of halogens is 2. The quantitative estimate of drug-likeness (QED) is 0.640. The number of benzene rings is 1. The minimum atomic E-state index is -0.368. The number of carbonyl (C=O) groups excluding carboxylic acids is 1. The number of nitrogens with one attached hydrogen (secondary N) is 1. The van der Waals surface area contributed by atoms with E-state index in [0.717, 1.165) is 11.3 Å². The average molecular weight is 337 g/mol. The molecule has 100 valence electrons. The summed E-state index contributed by atoms with van der Waals surface area (Å²) in [5.41, 5.74) is 0.939. The van der Waals surface area contributed by atoms with Crippen molar-refractivity contribution >= 4 is 33.5 Å². The largest absolute Gasteiger partial charge is 0.496 e. The standard InChI is InChI=1S/C12H15BrClNO3/c1-17-11-4-3-9(14)5-8(11)6-15-7-10(13)12(16)18-2/h3-5,10,15H,6-7H2,1-2H3. The van der Waals surface area contributed by atoms with Crippen molar-refractivity contribution in [1.82, 2.24) is 5.32 Å². The monoisotopic (exact) mass is 335 g/mol. The third kappa shape index (κ3) is 4.48. The lowest BCUT2D eigenvalue weighted by atomic mass is 10.2. The fraction of sp³-hybridized carbons (Fsp3) is 0.417. The van der Waals surface area contributed by atoms with E-state index in [1.807, 2.05) is 12.1 Å². The molecular weight excluding hydrogens is 321 g/mol. The van der Waals surface area contributed by atoms with Crippen LogP contribution in [-0.2, 0) is 16.1 Å². The summed E-state index contributed by atoms with van der Waals surface area (Å²) in [4.78, 5) is 10.8. The molecule has 18 heavy (non-hydrogen) atoms. The van der Waals surface area contributed by atoms with E-state index in [4.69, 9.17) is 16.3 Å². The van der Waals surface area contributed by atoms with Crippen LogP contribution in [0, 0.1) is 0 Å². The molecule has 0 saturated heterocycles. The Morgan fingerprint density at radius 1 is 1.50 bits per heavy atom. The van der Waals surface area contributed by atoms with E-state index in [0.29, 0.717) is 18.1 Å². The highest BCUT2D eigenvalue weighted by Crippen LogP contribution is 2.22. The Morgan fingerprint density at radius 3 is 2.83 bits per heavy atom. The molecule has 0 bridgehead atoms. The van der Waals surface area contributed by atoms with E-state index in [9.17, 15) is 4.79 Å². The van der Waals surface area contributed by atoms with Crippen molar-refractivity contribution in [2.75, 3.05) is 20.8 Å². The van der Waals surface area contributed by atoms with Gasteiger partial charge >= 0.3 is 5.97 Å². The van der Waals surface area contributed by atoms with Crippen molar-refractivity contribution in [1.29, 1.82) is 0 Å². The zero-order chi connectivity index (χ0) is 13.5. The van der Waals surface area contributed by atoms with Crippen molar-refractivity contribution in [3.8, 4) is 5.75 Å². The van der Waals surface area contributed by atoms with E-state index in [2.05, 4.69) is 26.0 Å². The summed E-state index contributed by atoms with van der Waals surface area (Å²) < 4.78 is 9.83. The predicted octanol–water partition coefficient (Wildman–Crippen LogP) is 2.37. The Kier molecular flexibility index (Phi) is 6.46. The Bertz CT molecular complexity index is 414. The number of ether oxygens (including phenoxy) is 2. The lowest BCUT2D eigenvalue weighted by molar-refractivity contribution is -0.139. The van der Waals surface area contributed by atoms with Gasteiger partial charge in [-0.05, 0) is 18.2 Å². The summed E-state index contributed by atoms with van der Waals surface area (Å²) in [5, 5.41) is 3.78. The summed E-state index contributed by atoms with van der Waals surface area (Å²) in [6.07, 6.45) is 0. The van der Waals surface area contributed by atoms with Crippen LogP contribution in [0.5, 0.6) is 5.75 Å². The number of methoxy groups -OCH3 is 2. The summed E-state index contributed by atoms with van der Waals surface area (Å²) >= 11 is 9.15. The molecule has 0 aliphatic rings. The topological polar surface area (TPSA) is 47.6 Å². The summed E-state index contributed by atoms with van der Waals surface area (Å²) in [6.45, 7) is 1.02. The van der Waals surface area contributed by atoms with Gasteiger partial charge in [0, 0.05) is 23.7 Å². The van der Waals surface area contributed by atoms with Gasteiger partial charge in [0.1, 0.15) is 10.6 Å². The van der Waals surface area contributed by atoms with Crippen LogP contribution in [0.4, 0.5) is 0 Å². The Labute approximate surface area is 120 Å². The Balaban J connectivity index is 2.53. The second kappa shape index (κ2) is 7.61. The van der Waals surface area contributed by atoms with Crippen LogP contribution in [0.1, 0.15) is 5.56 Å². The highest BCUT2D eigenvalue weighted by molar-refractivity contribution is 9.10. The molecule has 0 fully saturated rings. The number of rotatable bonds is 6. The van der Waals surface area contributed by atoms with Crippen LogP contribution in [0.2, 0.25) is 5.02 Å². The van der Waals surface area contributed by atoms with Gasteiger partial charge in [0.05, 0.1) is 14.2 Å². The molecule has 1 unspecified atom stereocenters. The van der Waals surface area contributed by atoms with Crippen LogP contribution >= 0.6 is 27.5 Å². The van der Waals surface area contributed by atoms with E-state index >= 15 is 0 Å². The molecule has 6 heteroatoms. The van der Waals surface area contributed by atoms with Gasteiger partial charge < -0.3 is 14.8 Å². The van der Waals surface area contributed by atoms with Gasteiger partial charge in [-0.3, -0.25) is 4.79 Å². The first-order valence-corrected chi connectivity index (χ1v) is 6.63. The summed E-state index contributed by atoms with van der Waals surface area (Å²) in [6, 6.07) is 5.41. The molecular formula is C12H15BrClNO3. The van der Waals surface area contributed by atoms with E-state index in [-0.39, 0.29) is 10.8 Å². The molecule has 1 atom stereocenters. The number of hydrogen-bond acceptors (Lipinski definition) is 4. The van der Waals surface area contributed by atoms with Gasteiger partial charge in [0.25, 0.3) is 0 Å². The lowest BCUT2D eigenvalue weighted by Crippen LogP contribution is -2.29. The Hall–Kier alpha value is -0.780. The fourth-order valence-electron chi connectivity index (χ4n) is 1.43. The minimum absolute atomic E-state index is 0.305. The van der Waals surface area contributed by atoms with E-state index in [1.165, 1.54) is 7.11 Å². The normalized spacial score (nSPS) is 12.0. The van der Waals surface area contributed by atoms with Crippen LogP contribution in [0.15, 0.2) is 18.2 Å². The molecule has 1 N–H and O–H groups in total. The average Bonchev–Trinajstić information content (AvgIpc) is 2.38. The second-order valence-corrected chi connectivity index (χ2v) is 5.12. The molecule has 0 heterocycles. The molecule has 0 aromatic heterocycles. The van der Waals surface area contributed by atoms with Crippen molar-refractivity contribution < 1.29 is 14.3 Å². The molecule has 0 saturated carbocycles. The van der Waals surface area contributed by atoms with Gasteiger partial charge in [-0.2, -0.15) is 0 Å². The zero-order valence-electron chi connectivity index (χ0n) is 10.2. The first-order valence-electron chi connectivity index (χ1n) is 5.33. The molecule has 0 aliphatic carbocycles. The van der Waals surface area contributed by atoms with Gasteiger partial charge in [-0.1, -0.05) is 27.5 Å². The van der Waals surface area contributed by atoms with Gasteiger partial charge in [-0.15, -0.1) is 0 Å². The highest BCUT2D eigenvalue weighted by Gasteiger charge is 2.14. The van der Waals surface area contributed by atoms with Crippen molar-refractivity contribution in [3.63, 3.8) is 0 Å². The van der Waals surface area contributed by atoms with Crippen LogP contribution < -0.4 is 10.1 Å². The van der Waals surface area contributed by atoms with Gasteiger partial charge in [0.15, 0.2) is 0 Å². The van der Waals surface area contributed by atoms with Gasteiger partial charge in [-0.25, -0.2) is 0 Å². The molecule has 1 aromatic rings. The SMILES string of the molecule is COC(=O)C(Br)CNCc1cc(Cl)ccc1OC. The molecule has 0 amide bonds. The fourth-order valence-corrected chi connectivity index (χ4v) is 2.04. The van der Waals surface area contributed by atoms with Crippen LogP contribution in [-0.4, -0.2) is 31.6 Å². The number of hydrogen-bond donors (Lipinski definition) is 1. The summed E-state index contributed by atoms with van der Waals surface area (Å²) in [5.74, 6) is 0.455. The van der Waals surface area contributed by atoms with Crippen molar-refractivity contribution in [2.45, 2.75) is 11.4 Å². The molecule has 4 nitrogen and oxygen atoms in total. The van der Waals surface area contributed by atoms with Crippen molar-refractivity contribution in [3.05, 3.63) is 28.8 Å². The first kappa shape index (κ1) is 15.3. The molecule has 0 spiro atoms. The van der Waals surface area contributed by atoms with Crippen molar-refractivity contribution in [2.24, 2.45) is 0 Å². The third-order valence-corrected chi connectivity index (χ3v) is 3.27. The number of alkyl halides is 1. The lowest BCUT2D eigenvalue weighted by Gasteiger charge is -2.12. The summed E-state index contributed by atoms with van der Waals surface area (Å²) in [7, 11) is 2.96. The second-order valence-electron chi connectivity index (χ2n) is 3.58. The molecule has 1 aromatic carbocycles. The predicted molar refractivity (Wildman–Crippen MR) is 74.4 cm³/mol. The maximum Gasteiger partial charge on any atom is 0.320 e. The smallest absolute Gasteiger partial charge is 0.320 e. The zero-order valence-corrected chi connectivity index (χ0v) is 12.5. The van der Waals surface area contributed by atoms with E-state index < -0.39 is 0 Å². The minimum Gasteiger partial charge on any atom is -0.496 e. The first-order chi connectivity index (χ1) is 8.58. The molecule has 1 rings (SSSR count). The third-order valence-electron chi connectivity index (χ3n) is 2.34. The van der Waals surface area contributed by atoms with E-state index in [1.54, 1.807) is 13.2 Å². The van der Waals surface area contributed by atoms with Gasteiger partial charge in [0.2, 0.25) is 0 Å². The maximum absolute atomic E-state index is 11.2. The van der Waals surface area contributed by atoms with Crippen LogP contribution in [0.25, 0.3) is 0 Å². The molecule has 0 aliphatic heterocycles.